The largest absolute Gasteiger partial charge is 0.480 e. The van der Waals surface area contributed by atoms with Crippen LogP contribution in [0.5, 0.6) is 5.88 Å². The minimum Gasteiger partial charge on any atom is -0.480 e. The zero-order chi connectivity index (χ0) is 14.3. The smallest absolute Gasteiger partial charge is 0.326 e. The second-order valence-electron chi connectivity index (χ2n) is 3.63. The minimum absolute atomic E-state index is 0.0347. The second kappa shape index (κ2) is 7.10. The highest BCUT2D eigenvalue weighted by Gasteiger charge is 2.20. The Labute approximate surface area is 110 Å². The van der Waals surface area contributed by atoms with Crippen molar-refractivity contribution < 1.29 is 19.4 Å². The Morgan fingerprint density at radius 1 is 1.47 bits per heavy atom. The molecule has 1 unspecified atom stereocenters. The van der Waals surface area contributed by atoms with Crippen molar-refractivity contribution in [3.8, 4) is 5.88 Å². The van der Waals surface area contributed by atoms with Crippen molar-refractivity contribution in [2.45, 2.75) is 19.4 Å². The molecule has 7 nitrogen and oxygen atoms in total. The molecule has 0 radical (unpaired) electrons. The lowest BCUT2D eigenvalue weighted by atomic mass is 10.2. The van der Waals surface area contributed by atoms with Crippen LogP contribution in [-0.2, 0) is 4.79 Å². The number of aromatic nitrogens is 2. The van der Waals surface area contributed by atoms with Gasteiger partial charge in [-0.25, -0.2) is 4.79 Å². The normalized spacial score (nSPS) is 12.1. The van der Waals surface area contributed by atoms with E-state index in [-0.39, 0.29) is 18.0 Å². The molecular formula is C12H15N3O4. The lowest BCUT2D eigenvalue weighted by Gasteiger charge is -2.11. The molecule has 0 saturated carbocycles. The summed E-state index contributed by atoms with van der Waals surface area (Å²) < 4.78 is 4.81. The van der Waals surface area contributed by atoms with Gasteiger partial charge in [-0.3, -0.25) is 4.79 Å². The molecule has 0 bridgehead atoms. The van der Waals surface area contributed by atoms with Crippen molar-refractivity contribution in [3.63, 3.8) is 0 Å². The van der Waals surface area contributed by atoms with Crippen molar-refractivity contribution in [1.29, 1.82) is 0 Å². The summed E-state index contributed by atoms with van der Waals surface area (Å²) in [5, 5.41) is 18.6. The quantitative estimate of drug-likeness (QED) is 0.732. The molecule has 1 amide bonds. The average molecular weight is 265 g/mol. The van der Waals surface area contributed by atoms with Crippen molar-refractivity contribution in [1.82, 2.24) is 15.5 Å². The summed E-state index contributed by atoms with van der Waals surface area (Å²) in [4.78, 5) is 22.7. The van der Waals surface area contributed by atoms with E-state index in [0.717, 1.165) is 0 Å². The van der Waals surface area contributed by atoms with E-state index in [1.807, 2.05) is 0 Å². The molecule has 1 rings (SSSR count). The van der Waals surface area contributed by atoms with Crippen LogP contribution in [0.1, 0.15) is 23.8 Å². The third-order valence-corrected chi connectivity index (χ3v) is 2.29. The summed E-state index contributed by atoms with van der Waals surface area (Å²) >= 11 is 0. The van der Waals surface area contributed by atoms with Crippen molar-refractivity contribution in [2.24, 2.45) is 0 Å². The lowest BCUT2D eigenvalue weighted by Crippen LogP contribution is -2.40. The van der Waals surface area contributed by atoms with Gasteiger partial charge in [0, 0.05) is 6.07 Å². The van der Waals surface area contributed by atoms with Crippen LogP contribution in [0.3, 0.4) is 0 Å². The SMILES string of the molecule is C/C=C/CC(NC(=O)c1ccc(OC)nn1)C(=O)O. The molecule has 0 fully saturated rings. The minimum atomic E-state index is -1.10. The molecule has 2 N–H and O–H groups in total. The molecule has 0 aliphatic rings. The first-order valence-corrected chi connectivity index (χ1v) is 5.61. The van der Waals surface area contributed by atoms with E-state index >= 15 is 0 Å². The zero-order valence-corrected chi connectivity index (χ0v) is 10.7. The highest BCUT2D eigenvalue weighted by molar-refractivity contribution is 5.94. The van der Waals surface area contributed by atoms with Gasteiger partial charge in [0.25, 0.3) is 5.91 Å². The maximum absolute atomic E-state index is 11.8. The van der Waals surface area contributed by atoms with Crippen LogP contribution >= 0.6 is 0 Å². The van der Waals surface area contributed by atoms with E-state index in [1.165, 1.54) is 19.2 Å². The molecule has 102 valence electrons. The number of ether oxygens (including phenoxy) is 1. The number of allylic oxidation sites excluding steroid dienone is 1. The summed E-state index contributed by atoms with van der Waals surface area (Å²) in [6.45, 7) is 1.77. The third kappa shape index (κ3) is 4.38. The molecule has 0 aromatic carbocycles. The molecule has 19 heavy (non-hydrogen) atoms. The van der Waals surface area contributed by atoms with Crippen LogP contribution in [0.4, 0.5) is 0 Å². The molecule has 0 spiro atoms. The van der Waals surface area contributed by atoms with E-state index in [0.29, 0.717) is 0 Å². The van der Waals surface area contributed by atoms with E-state index in [1.54, 1.807) is 19.1 Å². The Balaban J connectivity index is 2.72. The van der Waals surface area contributed by atoms with Crippen molar-refractivity contribution >= 4 is 11.9 Å². The molecule has 0 aliphatic heterocycles. The molecular weight excluding hydrogens is 250 g/mol. The Morgan fingerprint density at radius 3 is 2.68 bits per heavy atom. The van der Waals surface area contributed by atoms with Gasteiger partial charge >= 0.3 is 5.97 Å². The first-order chi connectivity index (χ1) is 9.08. The number of carboxylic acid groups (broad SMARTS) is 1. The number of nitrogens with zero attached hydrogens (tertiary/aromatic N) is 2. The first kappa shape index (κ1) is 14.6. The van der Waals surface area contributed by atoms with Gasteiger partial charge in [-0.2, -0.15) is 0 Å². The zero-order valence-electron chi connectivity index (χ0n) is 10.7. The van der Waals surface area contributed by atoms with E-state index in [4.69, 9.17) is 9.84 Å². The lowest BCUT2D eigenvalue weighted by molar-refractivity contribution is -0.139. The molecule has 0 saturated heterocycles. The molecule has 7 heteroatoms. The number of nitrogens with one attached hydrogen (secondary N) is 1. The Morgan fingerprint density at radius 2 is 2.21 bits per heavy atom. The molecule has 0 aliphatic carbocycles. The highest BCUT2D eigenvalue weighted by atomic mass is 16.5. The van der Waals surface area contributed by atoms with Gasteiger partial charge in [-0.05, 0) is 19.4 Å². The number of hydrogen-bond donors (Lipinski definition) is 2. The average Bonchev–Trinajstić information content (AvgIpc) is 2.43. The summed E-state index contributed by atoms with van der Waals surface area (Å²) in [6.07, 6.45) is 3.59. The first-order valence-electron chi connectivity index (χ1n) is 5.61. The monoisotopic (exact) mass is 265 g/mol. The fraction of sp³-hybridized carbons (Fsp3) is 0.333. The van der Waals surface area contributed by atoms with Crippen LogP contribution < -0.4 is 10.1 Å². The number of methoxy groups -OCH3 is 1. The number of aliphatic carboxylic acids is 1. The summed E-state index contributed by atoms with van der Waals surface area (Å²) in [5.41, 5.74) is 0.0347. The van der Waals surface area contributed by atoms with Crippen molar-refractivity contribution in [3.05, 3.63) is 30.0 Å². The highest BCUT2D eigenvalue weighted by Crippen LogP contribution is 2.04. The predicted octanol–water partition coefficient (Wildman–Crippen LogP) is 0.634. The van der Waals surface area contributed by atoms with E-state index < -0.39 is 17.9 Å². The number of carbonyl (C=O) groups excluding carboxylic acids is 1. The van der Waals surface area contributed by atoms with Crippen LogP contribution in [0.2, 0.25) is 0 Å². The Bertz CT molecular complexity index is 470. The number of carboxylic acids is 1. The second-order valence-corrected chi connectivity index (χ2v) is 3.63. The maximum atomic E-state index is 11.8. The van der Waals surface area contributed by atoms with Crippen LogP contribution in [0.25, 0.3) is 0 Å². The topological polar surface area (TPSA) is 101 Å². The van der Waals surface area contributed by atoms with Gasteiger partial charge in [0.1, 0.15) is 6.04 Å². The van der Waals surface area contributed by atoms with Gasteiger partial charge in [0.05, 0.1) is 7.11 Å². The van der Waals surface area contributed by atoms with E-state index in [2.05, 4.69) is 15.5 Å². The predicted molar refractivity (Wildman–Crippen MR) is 66.9 cm³/mol. The van der Waals surface area contributed by atoms with Crippen LogP contribution in [-0.4, -0.2) is 40.3 Å². The summed E-state index contributed by atoms with van der Waals surface area (Å²) in [5.74, 6) is -1.42. The van der Waals surface area contributed by atoms with Crippen molar-refractivity contribution in [2.75, 3.05) is 7.11 Å². The Hall–Kier alpha value is -2.44. The summed E-state index contributed by atoms with van der Waals surface area (Å²) in [7, 11) is 1.43. The van der Waals surface area contributed by atoms with Gasteiger partial charge < -0.3 is 15.2 Å². The fourth-order valence-corrected chi connectivity index (χ4v) is 1.28. The Kier molecular flexibility index (Phi) is 5.46. The molecule has 1 heterocycles. The maximum Gasteiger partial charge on any atom is 0.326 e. The van der Waals surface area contributed by atoms with E-state index in [9.17, 15) is 9.59 Å². The standard InChI is InChI=1S/C12H15N3O4/c1-3-4-5-9(12(17)18)13-11(16)8-6-7-10(19-2)15-14-8/h3-4,6-7,9H,5H2,1-2H3,(H,13,16)(H,17,18)/b4-3+. The number of hydrogen-bond acceptors (Lipinski definition) is 5. The number of amides is 1. The molecule has 1 aromatic heterocycles. The number of rotatable bonds is 6. The number of carbonyl (C=O) groups is 2. The third-order valence-electron chi connectivity index (χ3n) is 2.29. The molecule has 1 aromatic rings. The van der Waals surface area contributed by atoms with Gasteiger partial charge in [0.15, 0.2) is 5.69 Å². The fourth-order valence-electron chi connectivity index (χ4n) is 1.28. The van der Waals surface area contributed by atoms with Crippen LogP contribution in [0, 0.1) is 0 Å². The molecule has 1 atom stereocenters. The summed E-state index contributed by atoms with van der Waals surface area (Å²) in [6, 6.07) is 1.90. The van der Waals surface area contributed by atoms with Gasteiger partial charge in [0.2, 0.25) is 5.88 Å². The van der Waals surface area contributed by atoms with Crippen LogP contribution in [0.15, 0.2) is 24.3 Å². The van der Waals surface area contributed by atoms with Gasteiger partial charge in [-0.1, -0.05) is 12.2 Å². The van der Waals surface area contributed by atoms with Gasteiger partial charge in [-0.15, -0.1) is 10.2 Å².